The van der Waals surface area contributed by atoms with Gasteiger partial charge in [-0.15, -0.1) is 0 Å². The van der Waals surface area contributed by atoms with Crippen LogP contribution in [0.3, 0.4) is 0 Å². The Hall–Kier alpha value is -0.860. The van der Waals surface area contributed by atoms with Crippen LogP contribution in [0.25, 0.3) is 0 Å². The minimum absolute atomic E-state index is 0.186. The lowest BCUT2D eigenvalue weighted by molar-refractivity contribution is -0.0127. The van der Waals surface area contributed by atoms with Crippen LogP contribution in [0, 0.1) is 17.8 Å². The number of hydrogen-bond acceptors (Lipinski definition) is 2. The summed E-state index contributed by atoms with van der Waals surface area (Å²) in [5.41, 5.74) is 4.46. The minimum Gasteiger partial charge on any atom is -0.389 e. The van der Waals surface area contributed by atoms with Crippen LogP contribution < -0.4 is 0 Å². The van der Waals surface area contributed by atoms with E-state index in [-0.39, 0.29) is 18.1 Å². The Morgan fingerprint density at radius 2 is 1.49 bits per heavy atom. The molecule has 5 atom stereocenters. The quantitative estimate of drug-likeness (QED) is 0.121. The molecule has 0 aliphatic heterocycles. The molecule has 5 unspecified atom stereocenters. The van der Waals surface area contributed by atoms with E-state index in [1.54, 1.807) is 11.1 Å². The molecule has 0 bridgehead atoms. The minimum atomic E-state index is -0.327. The van der Waals surface area contributed by atoms with Crippen molar-refractivity contribution in [3.05, 3.63) is 34.9 Å². The summed E-state index contributed by atoms with van der Waals surface area (Å²) in [7, 11) is 0. The van der Waals surface area contributed by atoms with Crippen LogP contribution in [0.15, 0.2) is 34.9 Å². The Balaban J connectivity index is 2.39. The van der Waals surface area contributed by atoms with Crippen LogP contribution >= 0.6 is 0 Å². The molecule has 0 saturated heterocycles. The Kier molecular flexibility index (Phi) is 19.4. The summed E-state index contributed by atoms with van der Waals surface area (Å²) in [5, 5.41) is 10.6. The topological polar surface area (TPSA) is 29.5 Å². The van der Waals surface area contributed by atoms with Gasteiger partial charge < -0.3 is 9.84 Å². The molecule has 0 aromatic rings. The van der Waals surface area contributed by atoms with Crippen LogP contribution in [-0.2, 0) is 4.74 Å². The highest BCUT2D eigenvalue weighted by Crippen LogP contribution is 2.35. The fraction of sp³-hybridized carbons (Fsp3) is 0.829. The molecule has 1 N–H and O–H groups in total. The number of aliphatic hydroxyl groups excluding tert-OH is 1. The highest BCUT2D eigenvalue weighted by Gasteiger charge is 2.34. The number of ether oxygens (including phenoxy) is 1. The summed E-state index contributed by atoms with van der Waals surface area (Å²) in [6.07, 6.45) is 26.9. The average Bonchev–Trinajstić information content (AvgIpc) is 2.87. The maximum absolute atomic E-state index is 10.6. The first-order chi connectivity index (χ1) is 17.8. The van der Waals surface area contributed by atoms with Crippen molar-refractivity contribution in [3.8, 4) is 0 Å². The van der Waals surface area contributed by atoms with Gasteiger partial charge in [0, 0.05) is 6.61 Å². The third kappa shape index (κ3) is 15.4. The zero-order valence-electron chi connectivity index (χ0n) is 26.0. The first kappa shape index (κ1) is 34.2. The van der Waals surface area contributed by atoms with Gasteiger partial charge in [0.15, 0.2) is 0 Å². The second kappa shape index (κ2) is 21.0. The smallest absolute Gasteiger partial charge is 0.0815 e. The van der Waals surface area contributed by atoms with Crippen molar-refractivity contribution in [2.24, 2.45) is 17.8 Å². The molecule has 0 aromatic carbocycles. The Labute approximate surface area is 232 Å². The molecule has 0 heterocycles. The number of unbranched alkanes of at least 4 members (excludes halogenated alkanes) is 7. The summed E-state index contributed by atoms with van der Waals surface area (Å²) >= 11 is 0. The molecule has 1 aliphatic carbocycles. The van der Waals surface area contributed by atoms with Crippen molar-refractivity contribution in [3.63, 3.8) is 0 Å². The summed E-state index contributed by atoms with van der Waals surface area (Å²) < 4.78 is 6.47. The van der Waals surface area contributed by atoms with Gasteiger partial charge >= 0.3 is 0 Å². The number of aliphatic hydroxyl groups is 1. The summed E-state index contributed by atoms with van der Waals surface area (Å²) in [6, 6.07) is 0. The summed E-state index contributed by atoms with van der Waals surface area (Å²) in [6.45, 7) is 16.8. The van der Waals surface area contributed by atoms with Crippen LogP contribution in [0.1, 0.15) is 151 Å². The van der Waals surface area contributed by atoms with Crippen molar-refractivity contribution in [2.45, 2.75) is 163 Å². The van der Waals surface area contributed by atoms with E-state index in [0.29, 0.717) is 11.8 Å². The standard InChI is InChI=1S/C35H64O2/c1-8-10-12-13-14-16-26-37-35-32(7)31(6)34(36)27-33(35)25-24-30(5)23-18-22-29(4)21-17-20-28(3)19-15-11-9-2/h19,21,27,30-32,34-36H,8-18,20,22-26H2,1-7H3/b28-19+,29-21+. The van der Waals surface area contributed by atoms with E-state index in [9.17, 15) is 5.11 Å². The first-order valence-corrected chi connectivity index (χ1v) is 16.1. The lowest BCUT2D eigenvalue weighted by atomic mass is 9.76. The lowest BCUT2D eigenvalue weighted by Crippen LogP contribution is -2.39. The predicted octanol–water partition coefficient (Wildman–Crippen LogP) is 10.8. The number of rotatable bonds is 21. The van der Waals surface area contributed by atoms with Gasteiger partial charge in [0.1, 0.15) is 0 Å². The highest BCUT2D eigenvalue weighted by atomic mass is 16.5. The van der Waals surface area contributed by atoms with Crippen molar-refractivity contribution in [2.75, 3.05) is 6.61 Å². The second-order valence-electron chi connectivity index (χ2n) is 12.3. The zero-order valence-corrected chi connectivity index (χ0v) is 26.0. The van der Waals surface area contributed by atoms with Gasteiger partial charge in [0.25, 0.3) is 0 Å². The van der Waals surface area contributed by atoms with Gasteiger partial charge in [0.05, 0.1) is 12.2 Å². The molecule has 37 heavy (non-hydrogen) atoms. The van der Waals surface area contributed by atoms with Gasteiger partial charge in [0.2, 0.25) is 0 Å². The molecular weight excluding hydrogens is 452 g/mol. The maximum atomic E-state index is 10.6. The van der Waals surface area contributed by atoms with Crippen molar-refractivity contribution in [1.29, 1.82) is 0 Å². The van der Waals surface area contributed by atoms with Crippen molar-refractivity contribution >= 4 is 0 Å². The van der Waals surface area contributed by atoms with Gasteiger partial charge in [-0.3, -0.25) is 0 Å². The Morgan fingerprint density at radius 1 is 0.838 bits per heavy atom. The molecule has 0 aromatic heterocycles. The van der Waals surface area contributed by atoms with E-state index in [2.05, 4.69) is 66.7 Å². The molecule has 1 aliphatic rings. The second-order valence-corrected chi connectivity index (χ2v) is 12.3. The van der Waals surface area contributed by atoms with Crippen LogP contribution in [0.4, 0.5) is 0 Å². The number of allylic oxidation sites excluding steroid dienone is 4. The van der Waals surface area contributed by atoms with E-state index in [0.717, 1.165) is 19.4 Å². The van der Waals surface area contributed by atoms with Crippen molar-refractivity contribution < 1.29 is 9.84 Å². The zero-order chi connectivity index (χ0) is 27.5. The molecule has 0 radical (unpaired) electrons. The fourth-order valence-corrected chi connectivity index (χ4v) is 5.56. The predicted molar refractivity (Wildman–Crippen MR) is 164 cm³/mol. The van der Waals surface area contributed by atoms with Gasteiger partial charge in [-0.2, -0.15) is 0 Å². The molecule has 0 spiro atoms. The lowest BCUT2D eigenvalue weighted by Gasteiger charge is -2.38. The van der Waals surface area contributed by atoms with Crippen LogP contribution in [-0.4, -0.2) is 23.9 Å². The normalized spacial score (nSPS) is 23.8. The van der Waals surface area contributed by atoms with E-state index in [1.807, 2.05) is 0 Å². The molecule has 2 heteroatoms. The van der Waals surface area contributed by atoms with Crippen LogP contribution in [0.2, 0.25) is 0 Å². The molecule has 0 amide bonds. The Morgan fingerprint density at radius 3 is 2.22 bits per heavy atom. The monoisotopic (exact) mass is 516 g/mol. The first-order valence-electron chi connectivity index (χ1n) is 16.1. The SMILES string of the molecule is CCCC/C=C(\C)CC/C=C(\C)CCCC(C)CCC1=CC(O)C(C)C(C)C1OCCCCCCCC. The average molecular weight is 517 g/mol. The molecule has 2 nitrogen and oxygen atoms in total. The van der Waals surface area contributed by atoms with Gasteiger partial charge in [-0.1, -0.05) is 115 Å². The largest absolute Gasteiger partial charge is 0.389 e. The molecule has 0 saturated carbocycles. The summed E-state index contributed by atoms with van der Waals surface area (Å²) in [5.74, 6) is 1.35. The van der Waals surface area contributed by atoms with E-state index in [4.69, 9.17) is 4.74 Å². The van der Waals surface area contributed by atoms with E-state index in [1.165, 1.54) is 95.5 Å². The molecular formula is C35H64O2. The number of hydrogen-bond donors (Lipinski definition) is 1. The van der Waals surface area contributed by atoms with Crippen LogP contribution in [0.5, 0.6) is 0 Å². The van der Waals surface area contributed by atoms with Crippen molar-refractivity contribution in [1.82, 2.24) is 0 Å². The Bertz CT molecular complexity index is 658. The van der Waals surface area contributed by atoms with Gasteiger partial charge in [-0.05, 0) is 88.5 Å². The maximum Gasteiger partial charge on any atom is 0.0815 e. The van der Waals surface area contributed by atoms with E-state index < -0.39 is 0 Å². The molecule has 216 valence electrons. The third-order valence-electron chi connectivity index (χ3n) is 8.67. The molecule has 1 rings (SSSR count). The highest BCUT2D eigenvalue weighted by molar-refractivity contribution is 5.18. The summed E-state index contributed by atoms with van der Waals surface area (Å²) in [4.78, 5) is 0. The van der Waals surface area contributed by atoms with Gasteiger partial charge in [-0.25, -0.2) is 0 Å². The third-order valence-corrected chi connectivity index (χ3v) is 8.67. The molecule has 0 fully saturated rings. The fourth-order valence-electron chi connectivity index (χ4n) is 5.56. The van der Waals surface area contributed by atoms with E-state index >= 15 is 0 Å².